The molecule has 3 aliphatic heterocycles. The van der Waals surface area contributed by atoms with E-state index in [1.54, 1.807) is 23.2 Å². The molecule has 1 unspecified atom stereocenters. The lowest BCUT2D eigenvalue weighted by atomic mass is 10.00. The highest BCUT2D eigenvalue weighted by molar-refractivity contribution is 8.26. The number of piperidine rings is 1. The number of carbonyl (C=O) groups is 1. The van der Waals surface area contributed by atoms with E-state index in [1.807, 2.05) is 30.3 Å². The lowest BCUT2D eigenvalue weighted by molar-refractivity contribution is -0.122. The zero-order valence-corrected chi connectivity index (χ0v) is 21.3. The van der Waals surface area contributed by atoms with Crippen LogP contribution < -0.4 is 19.9 Å². The van der Waals surface area contributed by atoms with Crippen molar-refractivity contribution < 1.29 is 14.3 Å². The predicted octanol–water partition coefficient (Wildman–Crippen LogP) is 4.06. The molecule has 2 aromatic heterocycles. The van der Waals surface area contributed by atoms with Crippen LogP contribution in [-0.4, -0.2) is 44.4 Å². The molecular formula is C26H24N4O4S2. The van der Waals surface area contributed by atoms with E-state index < -0.39 is 0 Å². The van der Waals surface area contributed by atoms with E-state index in [0.717, 1.165) is 31.5 Å². The van der Waals surface area contributed by atoms with Gasteiger partial charge in [-0.1, -0.05) is 43.0 Å². The van der Waals surface area contributed by atoms with Crippen LogP contribution in [-0.2, 0) is 11.3 Å². The van der Waals surface area contributed by atoms with Gasteiger partial charge in [-0.25, -0.2) is 4.98 Å². The SMILES string of the molecule is CC1CCCN(c2nc3ccccn3c(=O)c2/C=C2\SC(=S)N(Cc3ccc4c(c3)OCO4)C2=O)C1. The van der Waals surface area contributed by atoms with Crippen molar-refractivity contribution in [2.75, 3.05) is 24.8 Å². The number of thioether (sulfide) groups is 1. The van der Waals surface area contributed by atoms with Crippen molar-refractivity contribution in [2.45, 2.75) is 26.3 Å². The monoisotopic (exact) mass is 520 g/mol. The summed E-state index contributed by atoms with van der Waals surface area (Å²) in [5, 5.41) is 0. The molecule has 3 aliphatic rings. The van der Waals surface area contributed by atoms with E-state index in [1.165, 1.54) is 16.2 Å². The molecule has 3 aromatic rings. The minimum Gasteiger partial charge on any atom is -0.454 e. The Balaban J connectivity index is 1.37. The summed E-state index contributed by atoms with van der Waals surface area (Å²) in [6.45, 7) is 4.36. The number of nitrogens with zero attached hydrogens (tertiary/aromatic N) is 4. The predicted molar refractivity (Wildman–Crippen MR) is 143 cm³/mol. The summed E-state index contributed by atoms with van der Waals surface area (Å²) < 4.78 is 12.8. The molecule has 184 valence electrons. The van der Waals surface area contributed by atoms with Crippen molar-refractivity contribution in [1.29, 1.82) is 0 Å². The summed E-state index contributed by atoms with van der Waals surface area (Å²) in [6, 6.07) is 11.1. The molecule has 10 heteroatoms. The Kier molecular flexibility index (Phi) is 5.93. The van der Waals surface area contributed by atoms with Crippen LogP contribution in [0.25, 0.3) is 11.7 Å². The van der Waals surface area contributed by atoms with Crippen LogP contribution in [0.3, 0.4) is 0 Å². The Labute approximate surface area is 217 Å². The van der Waals surface area contributed by atoms with Crippen LogP contribution in [0.2, 0.25) is 0 Å². The highest BCUT2D eigenvalue weighted by Crippen LogP contribution is 2.37. The standard InChI is InChI=1S/C26H24N4O4S2/c1-16-5-4-9-28(13-16)23-18(24(31)29-10-3-2-6-22(29)27-23)12-21-25(32)30(26(35)36-21)14-17-7-8-19-20(11-17)34-15-33-19/h2-3,6-8,10-12,16H,4-5,9,13-15H2,1H3/b21-12-. The number of benzene rings is 1. The molecule has 2 saturated heterocycles. The normalized spacial score (nSPS) is 20.7. The van der Waals surface area contributed by atoms with Gasteiger partial charge in [0.25, 0.3) is 11.5 Å². The van der Waals surface area contributed by atoms with Gasteiger partial charge in [0, 0.05) is 19.3 Å². The van der Waals surface area contributed by atoms with Gasteiger partial charge in [0.15, 0.2) is 11.5 Å². The van der Waals surface area contributed by atoms with E-state index in [0.29, 0.717) is 50.2 Å². The van der Waals surface area contributed by atoms with Crippen LogP contribution in [0.5, 0.6) is 11.5 Å². The Morgan fingerprint density at radius 3 is 2.92 bits per heavy atom. The van der Waals surface area contributed by atoms with E-state index >= 15 is 0 Å². The topological polar surface area (TPSA) is 76.4 Å². The van der Waals surface area contributed by atoms with Gasteiger partial charge in [-0.2, -0.15) is 0 Å². The summed E-state index contributed by atoms with van der Waals surface area (Å²) >= 11 is 6.76. The first kappa shape index (κ1) is 23.1. The smallest absolute Gasteiger partial charge is 0.267 e. The average molecular weight is 521 g/mol. The number of amides is 1. The molecule has 1 atom stereocenters. The number of anilines is 1. The Hall–Kier alpha value is -3.37. The summed E-state index contributed by atoms with van der Waals surface area (Å²) in [5.74, 6) is 2.25. The lowest BCUT2D eigenvalue weighted by Gasteiger charge is -2.32. The molecule has 0 spiro atoms. The van der Waals surface area contributed by atoms with Crippen molar-refractivity contribution in [3.8, 4) is 11.5 Å². The van der Waals surface area contributed by atoms with Crippen LogP contribution in [0.4, 0.5) is 5.82 Å². The first-order chi connectivity index (χ1) is 17.5. The molecule has 0 aliphatic carbocycles. The van der Waals surface area contributed by atoms with Crippen LogP contribution in [0, 0.1) is 5.92 Å². The third-order valence-electron chi connectivity index (χ3n) is 6.63. The molecular weight excluding hydrogens is 496 g/mol. The molecule has 0 N–H and O–H groups in total. The fourth-order valence-electron chi connectivity index (χ4n) is 4.83. The zero-order valence-electron chi connectivity index (χ0n) is 19.7. The number of carbonyl (C=O) groups excluding carboxylic acids is 1. The Morgan fingerprint density at radius 2 is 2.06 bits per heavy atom. The molecule has 36 heavy (non-hydrogen) atoms. The van der Waals surface area contributed by atoms with E-state index in [-0.39, 0.29) is 18.3 Å². The molecule has 6 rings (SSSR count). The second kappa shape index (κ2) is 9.25. The average Bonchev–Trinajstić information content (AvgIpc) is 3.45. The third kappa shape index (κ3) is 4.14. The molecule has 1 amide bonds. The third-order valence-corrected chi connectivity index (χ3v) is 8.01. The number of rotatable bonds is 4. The second-order valence-corrected chi connectivity index (χ2v) is 10.9. The zero-order chi connectivity index (χ0) is 24.8. The van der Waals surface area contributed by atoms with Crippen LogP contribution in [0.15, 0.2) is 52.3 Å². The fourth-order valence-corrected chi connectivity index (χ4v) is 6.07. The van der Waals surface area contributed by atoms with Crippen molar-refractivity contribution in [3.05, 3.63) is 69.0 Å². The van der Waals surface area contributed by atoms with Crippen LogP contribution >= 0.6 is 24.0 Å². The maximum absolute atomic E-state index is 13.6. The quantitative estimate of drug-likeness (QED) is 0.377. The summed E-state index contributed by atoms with van der Waals surface area (Å²) in [4.78, 5) is 36.0. The van der Waals surface area contributed by atoms with E-state index in [9.17, 15) is 9.59 Å². The van der Waals surface area contributed by atoms with Crippen molar-refractivity contribution in [2.24, 2.45) is 5.92 Å². The van der Waals surface area contributed by atoms with Gasteiger partial charge in [0.05, 0.1) is 17.0 Å². The number of hydrogen-bond acceptors (Lipinski definition) is 8. The van der Waals surface area contributed by atoms with Gasteiger partial charge < -0.3 is 14.4 Å². The molecule has 2 fully saturated rings. The molecule has 0 radical (unpaired) electrons. The number of ether oxygens (including phenoxy) is 2. The van der Waals surface area contributed by atoms with Crippen molar-refractivity contribution in [1.82, 2.24) is 14.3 Å². The Bertz CT molecular complexity index is 1480. The minimum atomic E-state index is -0.224. The maximum atomic E-state index is 13.6. The summed E-state index contributed by atoms with van der Waals surface area (Å²) in [6.07, 6.45) is 5.56. The minimum absolute atomic E-state index is 0.191. The van der Waals surface area contributed by atoms with E-state index in [2.05, 4.69) is 11.8 Å². The largest absolute Gasteiger partial charge is 0.454 e. The Morgan fingerprint density at radius 1 is 1.19 bits per heavy atom. The lowest BCUT2D eigenvalue weighted by Crippen LogP contribution is -2.37. The second-order valence-electron chi connectivity index (χ2n) is 9.23. The number of aromatic nitrogens is 2. The fraction of sp³-hybridized carbons (Fsp3) is 0.308. The molecule has 0 saturated carbocycles. The highest BCUT2D eigenvalue weighted by atomic mass is 32.2. The van der Waals surface area contributed by atoms with Gasteiger partial charge in [-0.15, -0.1) is 0 Å². The number of fused-ring (bicyclic) bond motifs is 2. The first-order valence-electron chi connectivity index (χ1n) is 11.9. The van der Waals surface area contributed by atoms with Gasteiger partial charge in [-0.05, 0) is 54.7 Å². The summed E-state index contributed by atoms with van der Waals surface area (Å²) in [7, 11) is 0. The maximum Gasteiger partial charge on any atom is 0.267 e. The van der Waals surface area contributed by atoms with E-state index in [4.69, 9.17) is 26.7 Å². The number of hydrogen-bond donors (Lipinski definition) is 0. The van der Waals surface area contributed by atoms with Crippen molar-refractivity contribution in [3.63, 3.8) is 0 Å². The summed E-state index contributed by atoms with van der Waals surface area (Å²) in [5.41, 5.74) is 1.68. The molecule has 0 bridgehead atoms. The molecule has 8 nitrogen and oxygen atoms in total. The van der Waals surface area contributed by atoms with Gasteiger partial charge in [-0.3, -0.25) is 18.9 Å². The number of pyridine rings is 1. The van der Waals surface area contributed by atoms with Gasteiger partial charge in [0.1, 0.15) is 15.8 Å². The molecule has 5 heterocycles. The van der Waals surface area contributed by atoms with Crippen LogP contribution in [0.1, 0.15) is 30.9 Å². The number of thiocarbonyl (C=S) groups is 1. The van der Waals surface area contributed by atoms with Crippen molar-refractivity contribution >= 4 is 51.7 Å². The highest BCUT2D eigenvalue weighted by Gasteiger charge is 2.33. The van der Waals surface area contributed by atoms with Gasteiger partial charge in [0.2, 0.25) is 6.79 Å². The first-order valence-corrected chi connectivity index (χ1v) is 13.1. The molecule has 1 aromatic carbocycles. The van der Waals surface area contributed by atoms with Gasteiger partial charge >= 0.3 is 0 Å².